The molecule has 0 aromatic heterocycles. The highest BCUT2D eigenvalue weighted by Gasteiger charge is 2.07. The normalized spacial score (nSPS) is 10.0. The van der Waals surface area contributed by atoms with Crippen molar-refractivity contribution in [3.8, 4) is 5.75 Å². The van der Waals surface area contributed by atoms with Gasteiger partial charge >= 0.3 is 0 Å². The molecule has 0 radical (unpaired) electrons. The number of thiocarbonyl (C=S) groups is 1. The van der Waals surface area contributed by atoms with Gasteiger partial charge in [-0.2, -0.15) is 0 Å². The van der Waals surface area contributed by atoms with Crippen LogP contribution in [0.25, 0.3) is 0 Å². The molecule has 1 N–H and O–H groups in total. The fraction of sp³-hybridized carbons (Fsp3) is 0.417. The number of hydrogen-bond donors (Lipinski definition) is 1. The maximum Gasteiger partial charge on any atom is 0.259 e. The molecule has 0 bridgehead atoms. The average Bonchev–Trinajstić information content (AvgIpc) is 2.20. The lowest BCUT2D eigenvalue weighted by Gasteiger charge is -2.15. The van der Waals surface area contributed by atoms with Gasteiger partial charge < -0.3 is 14.7 Å². The van der Waals surface area contributed by atoms with Crippen LogP contribution >= 0.6 is 12.2 Å². The van der Waals surface area contributed by atoms with Crippen molar-refractivity contribution in [1.29, 1.82) is 0 Å². The second kappa shape index (κ2) is 5.16. The van der Waals surface area contributed by atoms with Gasteiger partial charge in [0.2, 0.25) is 0 Å². The van der Waals surface area contributed by atoms with Crippen LogP contribution in [0.5, 0.6) is 5.75 Å². The van der Waals surface area contributed by atoms with E-state index in [1.807, 2.05) is 40.1 Å². The smallest absolute Gasteiger partial charge is 0.259 e. The third-order valence-corrected chi connectivity index (χ3v) is 2.72. The first-order valence-corrected chi connectivity index (χ1v) is 5.46. The molecular formula is C12H17NO2S. The van der Waals surface area contributed by atoms with Gasteiger partial charge in [-0.3, -0.25) is 0 Å². The molecule has 0 fully saturated rings. The number of aryl methyl sites for hydroxylation is 2. The third kappa shape index (κ3) is 3.10. The van der Waals surface area contributed by atoms with Crippen LogP contribution in [0.2, 0.25) is 0 Å². The lowest BCUT2D eigenvalue weighted by atomic mass is 10.1. The first-order chi connectivity index (χ1) is 7.41. The van der Waals surface area contributed by atoms with E-state index in [9.17, 15) is 5.11 Å². The molecule has 0 saturated carbocycles. The van der Waals surface area contributed by atoms with Crippen molar-refractivity contribution in [2.75, 3.05) is 14.1 Å². The molecule has 1 aromatic rings. The molecule has 0 aliphatic carbocycles. The summed E-state index contributed by atoms with van der Waals surface area (Å²) in [7, 11) is 3.65. The minimum Gasteiger partial charge on any atom is -0.507 e. The van der Waals surface area contributed by atoms with Crippen molar-refractivity contribution in [2.24, 2.45) is 0 Å². The second-order valence-corrected chi connectivity index (χ2v) is 4.39. The molecule has 0 aliphatic heterocycles. The van der Waals surface area contributed by atoms with Gasteiger partial charge in [-0.25, -0.2) is 0 Å². The number of phenolic OH excluding ortho intramolecular Hbond substituents is 1. The summed E-state index contributed by atoms with van der Waals surface area (Å²) in [5.74, 6) is 0.284. The molecule has 0 saturated heterocycles. The van der Waals surface area contributed by atoms with Crippen molar-refractivity contribution in [1.82, 2.24) is 4.90 Å². The lowest BCUT2D eigenvalue weighted by Crippen LogP contribution is -2.22. The third-order valence-electron chi connectivity index (χ3n) is 2.24. The molecule has 0 amide bonds. The Balaban J connectivity index is 2.78. The summed E-state index contributed by atoms with van der Waals surface area (Å²) in [5, 5.41) is 10.3. The van der Waals surface area contributed by atoms with Crippen LogP contribution < -0.4 is 0 Å². The summed E-state index contributed by atoms with van der Waals surface area (Å²) in [5.41, 5.74) is 2.72. The number of rotatable bonds is 2. The van der Waals surface area contributed by atoms with Gasteiger partial charge in [0, 0.05) is 19.7 Å². The molecule has 0 heterocycles. The topological polar surface area (TPSA) is 32.7 Å². The Labute approximate surface area is 102 Å². The number of aromatic hydroxyl groups is 1. The van der Waals surface area contributed by atoms with Crippen LogP contribution in [0.15, 0.2) is 12.1 Å². The van der Waals surface area contributed by atoms with Gasteiger partial charge in [0.25, 0.3) is 5.17 Å². The average molecular weight is 239 g/mol. The first-order valence-electron chi connectivity index (χ1n) is 5.05. The van der Waals surface area contributed by atoms with E-state index in [1.54, 1.807) is 4.90 Å². The Morgan fingerprint density at radius 1 is 1.38 bits per heavy atom. The van der Waals surface area contributed by atoms with E-state index in [4.69, 9.17) is 17.0 Å². The predicted molar refractivity (Wildman–Crippen MR) is 68.7 cm³/mol. The highest BCUT2D eigenvalue weighted by molar-refractivity contribution is 7.79. The van der Waals surface area contributed by atoms with E-state index in [2.05, 4.69) is 0 Å². The summed E-state index contributed by atoms with van der Waals surface area (Å²) in [6.07, 6.45) is 0. The van der Waals surface area contributed by atoms with E-state index in [-0.39, 0.29) is 5.75 Å². The molecular weight excluding hydrogens is 222 g/mol. The summed E-state index contributed by atoms with van der Waals surface area (Å²) < 4.78 is 5.38. The van der Waals surface area contributed by atoms with Crippen LogP contribution in [0.3, 0.4) is 0 Å². The van der Waals surface area contributed by atoms with Crippen molar-refractivity contribution in [3.63, 3.8) is 0 Å². The van der Waals surface area contributed by atoms with Gasteiger partial charge in [0.05, 0.1) is 0 Å². The summed E-state index contributed by atoms with van der Waals surface area (Å²) in [6, 6.07) is 3.84. The molecule has 0 unspecified atom stereocenters. The number of ether oxygens (including phenoxy) is 1. The van der Waals surface area contributed by atoms with E-state index in [0.717, 1.165) is 16.7 Å². The minimum atomic E-state index is 0.284. The Morgan fingerprint density at radius 2 is 2.00 bits per heavy atom. The zero-order valence-corrected chi connectivity index (χ0v) is 10.9. The van der Waals surface area contributed by atoms with E-state index >= 15 is 0 Å². The van der Waals surface area contributed by atoms with Gasteiger partial charge in [-0.15, -0.1) is 0 Å². The van der Waals surface area contributed by atoms with Crippen molar-refractivity contribution < 1.29 is 9.84 Å². The summed E-state index contributed by atoms with van der Waals surface area (Å²) in [6.45, 7) is 4.15. The van der Waals surface area contributed by atoms with Gasteiger partial charge in [-0.1, -0.05) is 11.6 Å². The maximum atomic E-state index is 9.84. The standard InChI is InChI=1S/C12H17NO2S/c1-8-5-9(2)11(14)10(6-8)7-15-12(16)13(3)4/h5-6,14H,7H2,1-4H3. The van der Waals surface area contributed by atoms with E-state index in [0.29, 0.717) is 11.8 Å². The largest absolute Gasteiger partial charge is 0.507 e. The van der Waals surface area contributed by atoms with Gasteiger partial charge in [0.1, 0.15) is 12.4 Å². The van der Waals surface area contributed by atoms with Crippen LogP contribution in [0.1, 0.15) is 16.7 Å². The van der Waals surface area contributed by atoms with Gasteiger partial charge in [0.15, 0.2) is 0 Å². The number of benzene rings is 1. The van der Waals surface area contributed by atoms with E-state index < -0.39 is 0 Å². The van der Waals surface area contributed by atoms with Crippen molar-refractivity contribution in [3.05, 3.63) is 28.8 Å². The summed E-state index contributed by atoms with van der Waals surface area (Å²) >= 11 is 5.01. The summed E-state index contributed by atoms with van der Waals surface area (Å²) in [4.78, 5) is 1.72. The molecule has 3 nitrogen and oxygen atoms in total. The maximum absolute atomic E-state index is 9.84. The molecule has 4 heteroatoms. The van der Waals surface area contributed by atoms with Crippen molar-refractivity contribution >= 4 is 17.4 Å². The molecule has 0 aliphatic rings. The quantitative estimate of drug-likeness (QED) is 0.803. The van der Waals surface area contributed by atoms with Gasteiger partial charge in [-0.05, 0) is 37.7 Å². The minimum absolute atomic E-state index is 0.284. The highest BCUT2D eigenvalue weighted by Crippen LogP contribution is 2.24. The lowest BCUT2D eigenvalue weighted by molar-refractivity contribution is 0.253. The fourth-order valence-electron chi connectivity index (χ4n) is 1.43. The molecule has 88 valence electrons. The fourth-order valence-corrected chi connectivity index (χ4v) is 1.49. The Hall–Kier alpha value is -1.29. The molecule has 1 rings (SSSR count). The number of phenols is 1. The Bertz CT molecular complexity index is 402. The van der Waals surface area contributed by atoms with Crippen LogP contribution in [-0.4, -0.2) is 29.3 Å². The number of hydrogen-bond acceptors (Lipinski definition) is 3. The number of nitrogens with zero attached hydrogens (tertiary/aromatic N) is 1. The SMILES string of the molecule is Cc1cc(C)c(O)c(COC(=S)N(C)C)c1. The molecule has 1 aromatic carbocycles. The van der Waals surface area contributed by atoms with Crippen LogP contribution in [0.4, 0.5) is 0 Å². The molecule has 0 spiro atoms. The highest BCUT2D eigenvalue weighted by atomic mass is 32.1. The Kier molecular flexibility index (Phi) is 4.12. The van der Waals surface area contributed by atoms with Crippen molar-refractivity contribution in [2.45, 2.75) is 20.5 Å². The molecule has 0 atom stereocenters. The zero-order valence-electron chi connectivity index (χ0n) is 10.1. The van der Waals surface area contributed by atoms with Crippen LogP contribution in [0, 0.1) is 13.8 Å². The monoisotopic (exact) mass is 239 g/mol. The second-order valence-electron chi connectivity index (χ2n) is 4.04. The zero-order chi connectivity index (χ0) is 12.3. The molecule has 16 heavy (non-hydrogen) atoms. The first kappa shape index (κ1) is 12.8. The predicted octanol–water partition coefficient (Wildman–Crippen LogP) is 2.37. The van der Waals surface area contributed by atoms with E-state index in [1.165, 1.54) is 0 Å². The Morgan fingerprint density at radius 3 is 2.56 bits per heavy atom. The van der Waals surface area contributed by atoms with Crippen LogP contribution in [-0.2, 0) is 11.3 Å².